The Morgan fingerprint density at radius 1 is 1.50 bits per heavy atom. The van der Waals surface area contributed by atoms with Crippen molar-refractivity contribution < 1.29 is 27.8 Å². The second-order valence-corrected chi connectivity index (χ2v) is 3.08. The molecule has 0 atom stereocenters. The molecule has 0 bridgehead atoms. The Hall–Kier alpha value is -1.50. The van der Waals surface area contributed by atoms with Crippen molar-refractivity contribution in [3.8, 4) is 5.75 Å². The first-order valence-corrected chi connectivity index (χ1v) is 4.27. The highest BCUT2D eigenvalue weighted by atomic mass is 35.5. The van der Waals surface area contributed by atoms with Gasteiger partial charge in [-0.05, 0) is 12.1 Å². The van der Waals surface area contributed by atoms with Gasteiger partial charge in [0.1, 0.15) is 5.15 Å². The van der Waals surface area contributed by atoms with Gasteiger partial charge in [0.25, 0.3) is 0 Å². The van der Waals surface area contributed by atoms with Crippen molar-refractivity contribution in [2.75, 3.05) is 6.61 Å². The van der Waals surface area contributed by atoms with Crippen LogP contribution in [-0.2, 0) is 0 Å². The van der Waals surface area contributed by atoms with Crippen molar-refractivity contribution in [2.45, 2.75) is 6.18 Å². The Bertz CT molecular complexity index is 408. The number of carboxylic acid groups (broad SMARTS) is 1. The second-order valence-electron chi connectivity index (χ2n) is 2.69. The minimum atomic E-state index is -4.55. The summed E-state index contributed by atoms with van der Waals surface area (Å²) in [6.45, 7) is -1.59. The SMILES string of the molecule is O=C(O)c1nc(Cl)ccc1OCC(F)(F)F. The average Bonchev–Trinajstić information content (AvgIpc) is 2.14. The summed E-state index contributed by atoms with van der Waals surface area (Å²) in [4.78, 5) is 14.0. The van der Waals surface area contributed by atoms with Gasteiger partial charge in [-0.2, -0.15) is 13.2 Å². The van der Waals surface area contributed by atoms with Gasteiger partial charge in [-0.15, -0.1) is 0 Å². The van der Waals surface area contributed by atoms with E-state index >= 15 is 0 Å². The molecule has 1 rings (SSSR count). The Kier molecular flexibility index (Phi) is 3.58. The average molecular weight is 256 g/mol. The number of carboxylic acids is 1. The number of halogens is 4. The lowest BCUT2D eigenvalue weighted by molar-refractivity contribution is -0.153. The molecule has 1 heterocycles. The van der Waals surface area contributed by atoms with E-state index in [1.807, 2.05) is 0 Å². The van der Waals surface area contributed by atoms with Gasteiger partial charge < -0.3 is 9.84 Å². The summed E-state index contributed by atoms with van der Waals surface area (Å²) in [5.41, 5.74) is -0.656. The fourth-order valence-corrected chi connectivity index (χ4v) is 0.999. The monoisotopic (exact) mass is 255 g/mol. The molecular formula is C8H5ClF3NO3. The summed E-state index contributed by atoms with van der Waals surface area (Å²) in [6, 6.07) is 2.16. The molecule has 88 valence electrons. The van der Waals surface area contributed by atoms with Gasteiger partial charge in [-0.3, -0.25) is 0 Å². The lowest BCUT2D eigenvalue weighted by atomic mass is 10.3. The molecule has 0 unspecified atom stereocenters. The van der Waals surface area contributed by atoms with Crippen LogP contribution in [0.3, 0.4) is 0 Å². The Labute approximate surface area is 92.6 Å². The number of aromatic carboxylic acids is 1. The molecular weight excluding hydrogens is 251 g/mol. The first-order chi connectivity index (χ1) is 7.29. The van der Waals surface area contributed by atoms with Crippen LogP contribution in [-0.4, -0.2) is 28.8 Å². The third kappa shape index (κ3) is 3.58. The van der Waals surface area contributed by atoms with E-state index in [9.17, 15) is 18.0 Å². The van der Waals surface area contributed by atoms with E-state index < -0.39 is 30.2 Å². The van der Waals surface area contributed by atoms with Crippen LogP contribution in [0.4, 0.5) is 13.2 Å². The molecule has 0 aliphatic rings. The molecule has 0 aliphatic heterocycles. The summed E-state index contributed by atoms with van der Waals surface area (Å²) < 4.78 is 39.8. The standard InChI is InChI=1S/C8H5ClF3NO3/c9-5-2-1-4(6(13-5)7(14)15)16-3-8(10,11)12/h1-2H,3H2,(H,14,15). The van der Waals surface area contributed by atoms with Crippen molar-refractivity contribution in [1.82, 2.24) is 4.98 Å². The summed E-state index contributed by atoms with van der Waals surface area (Å²) in [5, 5.41) is 8.50. The number of nitrogens with zero attached hydrogens (tertiary/aromatic N) is 1. The van der Waals surface area contributed by atoms with Crippen LogP contribution in [0.25, 0.3) is 0 Å². The number of ether oxygens (including phenoxy) is 1. The van der Waals surface area contributed by atoms with Crippen molar-refractivity contribution in [3.63, 3.8) is 0 Å². The molecule has 1 N–H and O–H groups in total. The molecule has 8 heteroatoms. The van der Waals surface area contributed by atoms with Crippen LogP contribution < -0.4 is 4.74 Å². The van der Waals surface area contributed by atoms with E-state index in [1.54, 1.807) is 0 Å². The molecule has 0 amide bonds. The number of hydrogen-bond acceptors (Lipinski definition) is 3. The normalized spacial score (nSPS) is 11.2. The van der Waals surface area contributed by atoms with Crippen LogP contribution >= 0.6 is 11.6 Å². The largest absolute Gasteiger partial charge is 0.482 e. The number of pyridine rings is 1. The molecule has 0 radical (unpaired) electrons. The minimum absolute atomic E-state index is 0.142. The lowest BCUT2D eigenvalue weighted by Crippen LogP contribution is -2.20. The predicted octanol–water partition coefficient (Wildman–Crippen LogP) is 2.37. The topological polar surface area (TPSA) is 59.4 Å². The summed E-state index contributed by atoms with van der Waals surface area (Å²) in [5.74, 6) is -1.99. The number of carbonyl (C=O) groups is 1. The van der Waals surface area contributed by atoms with Crippen molar-refractivity contribution in [3.05, 3.63) is 23.0 Å². The highest BCUT2D eigenvalue weighted by Gasteiger charge is 2.29. The molecule has 0 saturated heterocycles. The summed E-state index contributed by atoms with van der Waals surface area (Å²) >= 11 is 5.40. The zero-order chi connectivity index (χ0) is 12.3. The van der Waals surface area contributed by atoms with Crippen LogP contribution in [0.2, 0.25) is 5.15 Å². The Morgan fingerprint density at radius 2 is 2.12 bits per heavy atom. The van der Waals surface area contributed by atoms with Crippen LogP contribution in [0.15, 0.2) is 12.1 Å². The van der Waals surface area contributed by atoms with E-state index in [0.717, 1.165) is 12.1 Å². The molecule has 4 nitrogen and oxygen atoms in total. The maximum atomic E-state index is 11.8. The highest BCUT2D eigenvalue weighted by molar-refractivity contribution is 6.29. The molecule has 1 aromatic rings. The number of hydrogen-bond donors (Lipinski definition) is 1. The smallest absolute Gasteiger partial charge is 0.422 e. The van der Waals surface area contributed by atoms with E-state index in [-0.39, 0.29) is 5.15 Å². The van der Waals surface area contributed by atoms with Gasteiger partial charge in [0, 0.05) is 0 Å². The van der Waals surface area contributed by atoms with Gasteiger partial charge in [0.2, 0.25) is 0 Å². The maximum absolute atomic E-state index is 11.8. The molecule has 16 heavy (non-hydrogen) atoms. The highest BCUT2D eigenvalue weighted by Crippen LogP contribution is 2.22. The van der Waals surface area contributed by atoms with E-state index in [2.05, 4.69) is 9.72 Å². The Morgan fingerprint density at radius 3 is 2.62 bits per heavy atom. The van der Waals surface area contributed by atoms with E-state index in [4.69, 9.17) is 16.7 Å². The first-order valence-electron chi connectivity index (χ1n) is 3.89. The molecule has 0 saturated carbocycles. The second kappa shape index (κ2) is 4.56. The molecule has 1 aromatic heterocycles. The predicted molar refractivity (Wildman–Crippen MR) is 47.8 cm³/mol. The summed E-state index contributed by atoms with van der Waals surface area (Å²) in [6.07, 6.45) is -4.55. The van der Waals surface area contributed by atoms with Gasteiger partial charge >= 0.3 is 12.1 Å². The van der Waals surface area contributed by atoms with Gasteiger partial charge in [-0.25, -0.2) is 9.78 Å². The quantitative estimate of drug-likeness (QED) is 0.843. The summed E-state index contributed by atoms with van der Waals surface area (Å²) in [7, 11) is 0. The minimum Gasteiger partial charge on any atom is -0.482 e. The zero-order valence-electron chi connectivity index (χ0n) is 7.58. The third-order valence-corrected chi connectivity index (χ3v) is 1.63. The van der Waals surface area contributed by atoms with Crippen molar-refractivity contribution in [2.24, 2.45) is 0 Å². The molecule has 0 aliphatic carbocycles. The van der Waals surface area contributed by atoms with Gasteiger partial charge in [0.05, 0.1) is 0 Å². The molecule has 0 aromatic carbocycles. The van der Waals surface area contributed by atoms with Crippen LogP contribution in [0.5, 0.6) is 5.75 Å². The van der Waals surface area contributed by atoms with Gasteiger partial charge in [0.15, 0.2) is 18.1 Å². The molecule has 0 fully saturated rings. The number of aromatic nitrogens is 1. The van der Waals surface area contributed by atoms with Crippen molar-refractivity contribution >= 4 is 17.6 Å². The van der Waals surface area contributed by atoms with Crippen LogP contribution in [0.1, 0.15) is 10.5 Å². The number of alkyl halides is 3. The van der Waals surface area contributed by atoms with Gasteiger partial charge in [-0.1, -0.05) is 11.6 Å². The zero-order valence-corrected chi connectivity index (χ0v) is 8.34. The Balaban J connectivity index is 2.91. The fraction of sp³-hybridized carbons (Fsp3) is 0.250. The first kappa shape index (κ1) is 12.6. The number of rotatable bonds is 3. The van der Waals surface area contributed by atoms with Crippen molar-refractivity contribution in [1.29, 1.82) is 0 Å². The third-order valence-electron chi connectivity index (χ3n) is 1.42. The van der Waals surface area contributed by atoms with E-state index in [0.29, 0.717) is 0 Å². The fourth-order valence-electron chi connectivity index (χ4n) is 0.852. The maximum Gasteiger partial charge on any atom is 0.422 e. The molecule has 0 spiro atoms. The van der Waals surface area contributed by atoms with Crippen LogP contribution in [0, 0.1) is 0 Å². The van der Waals surface area contributed by atoms with E-state index in [1.165, 1.54) is 0 Å². The lowest BCUT2D eigenvalue weighted by Gasteiger charge is -2.10.